The Kier molecular flexibility index (Phi) is 4.94. The summed E-state index contributed by atoms with van der Waals surface area (Å²) in [6.07, 6.45) is 3.42. The van der Waals surface area contributed by atoms with E-state index in [1.807, 2.05) is 0 Å². The topological polar surface area (TPSA) is 66.4 Å². The van der Waals surface area contributed by atoms with Crippen LogP contribution < -0.4 is 5.32 Å². The molecule has 0 spiro atoms. The SMILES string of the molecule is Cc1cc(F)ccc1C(=O)NCC1CCCCC1C(=O)O. The van der Waals surface area contributed by atoms with Gasteiger partial charge >= 0.3 is 5.97 Å². The van der Waals surface area contributed by atoms with Crippen LogP contribution in [0.5, 0.6) is 0 Å². The highest BCUT2D eigenvalue weighted by molar-refractivity contribution is 5.95. The van der Waals surface area contributed by atoms with E-state index in [1.165, 1.54) is 18.2 Å². The van der Waals surface area contributed by atoms with Crippen molar-refractivity contribution in [2.24, 2.45) is 11.8 Å². The summed E-state index contributed by atoms with van der Waals surface area (Å²) in [5, 5.41) is 12.0. The fourth-order valence-corrected chi connectivity index (χ4v) is 2.98. The highest BCUT2D eigenvalue weighted by Gasteiger charge is 2.30. The van der Waals surface area contributed by atoms with Crippen LogP contribution >= 0.6 is 0 Å². The van der Waals surface area contributed by atoms with Gasteiger partial charge in [0.25, 0.3) is 5.91 Å². The third-order valence-electron chi connectivity index (χ3n) is 4.18. The zero-order valence-corrected chi connectivity index (χ0v) is 12.1. The Hall–Kier alpha value is -1.91. The zero-order valence-electron chi connectivity index (χ0n) is 12.1. The van der Waals surface area contributed by atoms with Gasteiger partial charge in [-0.3, -0.25) is 9.59 Å². The molecule has 1 saturated carbocycles. The standard InChI is InChI=1S/C16H20FNO3/c1-10-8-12(17)6-7-13(10)15(19)18-9-11-4-2-3-5-14(11)16(20)21/h6-8,11,14H,2-5,9H2,1H3,(H,18,19)(H,20,21). The predicted octanol–water partition coefficient (Wildman–Crippen LogP) is 2.75. The lowest BCUT2D eigenvalue weighted by atomic mass is 9.79. The molecule has 5 heteroatoms. The molecule has 0 aromatic heterocycles. The summed E-state index contributed by atoms with van der Waals surface area (Å²) < 4.78 is 13.0. The fourth-order valence-electron chi connectivity index (χ4n) is 2.98. The Morgan fingerprint density at radius 3 is 2.71 bits per heavy atom. The summed E-state index contributed by atoms with van der Waals surface area (Å²) in [7, 11) is 0. The highest BCUT2D eigenvalue weighted by Crippen LogP contribution is 2.29. The molecular weight excluding hydrogens is 273 g/mol. The number of halogens is 1. The van der Waals surface area contributed by atoms with Gasteiger partial charge in [-0.25, -0.2) is 4.39 Å². The summed E-state index contributed by atoms with van der Waals surface area (Å²) in [4.78, 5) is 23.3. The van der Waals surface area contributed by atoms with Crippen molar-refractivity contribution in [2.45, 2.75) is 32.6 Å². The van der Waals surface area contributed by atoms with E-state index in [4.69, 9.17) is 0 Å². The molecule has 1 aromatic carbocycles. The fraction of sp³-hybridized carbons (Fsp3) is 0.500. The van der Waals surface area contributed by atoms with Crippen molar-refractivity contribution in [3.8, 4) is 0 Å². The van der Waals surface area contributed by atoms with E-state index in [9.17, 15) is 19.1 Å². The largest absolute Gasteiger partial charge is 0.481 e. The summed E-state index contributed by atoms with van der Waals surface area (Å²) in [6.45, 7) is 2.03. The van der Waals surface area contributed by atoms with Crippen LogP contribution in [0.25, 0.3) is 0 Å². The molecule has 1 aliphatic rings. The van der Waals surface area contributed by atoms with E-state index < -0.39 is 5.97 Å². The molecule has 1 aliphatic carbocycles. The monoisotopic (exact) mass is 293 g/mol. The lowest BCUT2D eigenvalue weighted by Crippen LogP contribution is -2.37. The van der Waals surface area contributed by atoms with Gasteiger partial charge in [0.15, 0.2) is 0 Å². The van der Waals surface area contributed by atoms with Crippen LogP contribution in [0.1, 0.15) is 41.6 Å². The first-order valence-corrected chi connectivity index (χ1v) is 7.26. The maximum Gasteiger partial charge on any atom is 0.306 e. The van der Waals surface area contributed by atoms with Gasteiger partial charge < -0.3 is 10.4 Å². The Morgan fingerprint density at radius 1 is 1.33 bits per heavy atom. The molecule has 2 unspecified atom stereocenters. The van der Waals surface area contributed by atoms with E-state index in [-0.39, 0.29) is 23.6 Å². The van der Waals surface area contributed by atoms with Crippen molar-refractivity contribution in [1.82, 2.24) is 5.32 Å². The van der Waals surface area contributed by atoms with Gasteiger partial charge in [0, 0.05) is 12.1 Å². The number of nitrogens with one attached hydrogen (secondary N) is 1. The van der Waals surface area contributed by atoms with Crippen LogP contribution in [0.4, 0.5) is 4.39 Å². The van der Waals surface area contributed by atoms with Crippen molar-refractivity contribution in [3.05, 3.63) is 35.1 Å². The van der Waals surface area contributed by atoms with Gasteiger partial charge in [0.1, 0.15) is 5.82 Å². The smallest absolute Gasteiger partial charge is 0.306 e. The van der Waals surface area contributed by atoms with Gasteiger partial charge in [-0.15, -0.1) is 0 Å². The van der Waals surface area contributed by atoms with Gasteiger partial charge in [-0.1, -0.05) is 12.8 Å². The summed E-state index contributed by atoms with van der Waals surface area (Å²) in [5.74, 6) is -1.84. The Morgan fingerprint density at radius 2 is 2.05 bits per heavy atom. The number of rotatable bonds is 4. The van der Waals surface area contributed by atoms with Crippen LogP contribution in [0.2, 0.25) is 0 Å². The van der Waals surface area contributed by atoms with Gasteiger partial charge in [0.2, 0.25) is 0 Å². The van der Waals surface area contributed by atoms with Gasteiger partial charge in [-0.2, -0.15) is 0 Å². The molecule has 0 aliphatic heterocycles. The molecule has 0 saturated heterocycles. The minimum absolute atomic E-state index is 0.0269. The molecule has 0 radical (unpaired) electrons. The second-order valence-corrected chi connectivity index (χ2v) is 5.66. The van der Waals surface area contributed by atoms with E-state index in [2.05, 4.69) is 5.32 Å². The van der Waals surface area contributed by atoms with Crippen molar-refractivity contribution in [3.63, 3.8) is 0 Å². The molecule has 2 rings (SSSR count). The molecule has 0 bridgehead atoms. The maximum atomic E-state index is 13.0. The van der Waals surface area contributed by atoms with E-state index in [1.54, 1.807) is 6.92 Å². The first-order valence-electron chi connectivity index (χ1n) is 7.26. The number of amides is 1. The van der Waals surface area contributed by atoms with Crippen LogP contribution in [-0.4, -0.2) is 23.5 Å². The third-order valence-corrected chi connectivity index (χ3v) is 4.18. The van der Waals surface area contributed by atoms with Crippen LogP contribution in [0, 0.1) is 24.6 Å². The number of carbonyl (C=O) groups is 2. The zero-order chi connectivity index (χ0) is 15.4. The number of aliphatic carboxylic acids is 1. The molecule has 2 N–H and O–H groups in total. The second kappa shape index (κ2) is 6.70. The molecule has 114 valence electrons. The molecule has 0 heterocycles. The molecule has 1 fully saturated rings. The Balaban J connectivity index is 1.98. The number of hydrogen-bond donors (Lipinski definition) is 2. The lowest BCUT2D eigenvalue weighted by Gasteiger charge is -2.28. The van der Waals surface area contributed by atoms with Crippen LogP contribution in [0.15, 0.2) is 18.2 Å². The number of aryl methyl sites for hydroxylation is 1. The average molecular weight is 293 g/mol. The minimum Gasteiger partial charge on any atom is -0.481 e. The highest BCUT2D eigenvalue weighted by atomic mass is 19.1. The van der Waals surface area contributed by atoms with Crippen LogP contribution in [0.3, 0.4) is 0 Å². The second-order valence-electron chi connectivity index (χ2n) is 5.66. The number of hydrogen-bond acceptors (Lipinski definition) is 2. The Bertz CT molecular complexity index is 544. The summed E-state index contributed by atoms with van der Waals surface area (Å²) in [5.41, 5.74) is 1.00. The quantitative estimate of drug-likeness (QED) is 0.897. The predicted molar refractivity (Wildman–Crippen MR) is 76.6 cm³/mol. The number of carboxylic acids is 1. The third kappa shape index (κ3) is 3.80. The molecule has 1 aromatic rings. The Labute approximate surface area is 123 Å². The van der Waals surface area contributed by atoms with Gasteiger partial charge in [-0.05, 0) is 49.4 Å². The maximum absolute atomic E-state index is 13.0. The molecule has 1 amide bonds. The lowest BCUT2D eigenvalue weighted by molar-refractivity contribution is -0.144. The molecule has 21 heavy (non-hydrogen) atoms. The summed E-state index contributed by atoms with van der Waals surface area (Å²) >= 11 is 0. The van der Waals surface area contributed by atoms with Crippen LogP contribution in [-0.2, 0) is 4.79 Å². The number of carboxylic acid groups (broad SMARTS) is 1. The first-order chi connectivity index (χ1) is 9.99. The average Bonchev–Trinajstić information content (AvgIpc) is 2.45. The number of carbonyl (C=O) groups excluding carboxylic acids is 1. The molecule has 4 nitrogen and oxygen atoms in total. The van der Waals surface area contributed by atoms with Crippen molar-refractivity contribution in [2.75, 3.05) is 6.54 Å². The minimum atomic E-state index is -0.785. The van der Waals surface area contributed by atoms with E-state index in [0.717, 1.165) is 19.3 Å². The molecular formula is C16H20FNO3. The van der Waals surface area contributed by atoms with E-state index in [0.29, 0.717) is 24.1 Å². The van der Waals surface area contributed by atoms with Crippen molar-refractivity contribution < 1.29 is 19.1 Å². The summed E-state index contributed by atoms with van der Waals surface area (Å²) in [6, 6.07) is 4.02. The normalized spacial score (nSPS) is 21.8. The van der Waals surface area contributed by atoms with Gasteiger partial charge in [0.05, 0.1) is 5.92 Å². The first kappa shape index (κ1) is 15.5. The molecule has 2 atom stereocenters. The van der Waals surface area contributed by atoms with E-state index >= 15 is 0 Å². The number of benzene rings is 1. The van der Waals surface area contributed by atoms with Crippen molar-refractivity contribution in [1.29, 1.82) is 0 Å². The van der Waals surface area contributed by atoms with Crippen molar-refractivity contribution >= 4 is 11.9 Å².